The van der Waals surface area contributed by atoms with Crippen molar-refractivity contribution in [2.75, 3.05) is 19.6 Å². The zero-order chi connectivity index (χ0) is 16.9. The molecule has 1 aromatic rings. The summed E-state index contributed by atoms with van der Waals surface area (Å²) in [6.45, 7) is 2.19. The summed E-state index contributed by atoms with van der Waals surface area (Å²) in [6, 6.07) is 6.16. The highest BCUT2D eigenvalue weighted by atomic mass is 19.1. The molecule has 0 bridgehead atoms. The fourth-order valence-corrected chi connectivity index (χ4v) is 3.89. The number of quaternary nitrogens is 1. The maximum Gasteiger partial charge on any atom is 0.275 e. The number of likely N-dealkylation sites (tertiary alicyclic amines) is 1. The second-order valence-corrected chi connectivity index (χ2v) is 7.12. The second kappa shape index (κ2) is 7.88. The van der Waals surface area contributed by atoms with Crippen LogP contribution >= 0.6 is 0 Å². The SMILES string of the molecule is O=C(C[NH+]1CCC(C(=O)c2ccc(F)cc2)CC1)NC1CCCC1. The number of nitrogens with one attached hydrogen (secondary N) is 2. The van der Waals surface area contributed by atoms with Crippen LogP contribution in [0.15, 0.2) is 24.3 Å². The van der Waals surface area contributed by atoms with Crippen LogP contribution in [0.5, 0.6) is 0 Å². The Morgan fingerprint density at radius 3 is 2.29 bits per heavy atom. The zero-order valence-electron chi connectivity index (χ0n) is 14.0. The molecular weight excluding hydrogens is 307 g/mol. The number of Topliss-reactive ketones (excluding diaryl/α,β-unsaturated/α-hetero) is 1. The minimum atomic E-state index is -0.320. The van der Waals surface area contributed by atoms with Gasteiger partial charge in [-0.25, -0.2) is 4.39 Å². The fourth-order valence-electron chi connectivity index (χ4n) is 3.89. The lowest BCUT2D eigenvalue weighted by Gasteiger charge is -2.28. The highest BCUT2D eigenvalue weighted by molar-refractivity contribution is 5.97. The Morgan fingerprint density at radius 2 is 1.67 bits per heavy atom. The third kappa shape index (κ3) is 4.41. The third-order valence-corrected chi connectivity index (χ3v) is 5.32. The van der Waals surface area contributed by atoms with Crippen LogP contribution in [0.3, 0.4) is 0 Å². The lowest BCUT2D eigenvalue weighted by Crippen LogP contribution is -3.14. The van der Waals surface area contributed by atoms with Crippen LogP contribution in [-0.2, 0) is 4.79 Å². The molecule has 1 aromatic carbocycles. The molecule has 0 radical (unpaired) electrons. The van der Waals surface area contributed by atoms with E-state index < -0.39 is 0 Å². The van der Waals surface area contributed by atoms with Crippen molar-refractivity contribution < 1.29 is 18.9 Å². The first-order valence-electron chi connectivity index (χ1n) is 9.04. The van der Waals surface area contributed by atoms with Gasteiger partial charge in [0.25, 0.3) is 5.91 Å². The number of benzene rings is 1. The molecule has 2 fully saturated rings. The predicted octanol–water partition coefficient (Wildman–Crippen LogP) is 1.36. The highest BCUT2D eigenvalue weighted by Crippen LogP contribution is 2.18. The van der Waals surface area contributed by atoms with Crippen molar-refractivity contribution >= 4 is 11.7 Å². The first-order chi connectivity index (χ1) is 11.6. The van der Waals surface area contributed by atoms with Gasteiger partial charge >= 0.3 is 0 Å². The van der Waals surface area contributed by atoms with Crippen molar-refractivity contribution in [2.24, 2.45) is 5.92 Å². The molecule has 1 amide bonds. The van der Waals surface area contributed by atoms with Gasteiger partial charge in [-0.05, 0) is 37.1 Å². The van der Waals surface area contributed by atoms with Gasteiger partial charge in [-0.3, -0.25) is 9.59 Å². The molecule has 0 spiro atoms. The van der Waals surface area contributed by atoms with Gasteiger partial charge in [0.1, 0.15) is 5.82 Å². The summed E-state index contributed by atoms with van der Waals surface area (Å²) in [6.07, 6.45) is 6.23. The molecule has 0 atom stereocenters. The van der Waals surface area contributed by atoms with E-state index >= 15 is 0 Å². The van der Waals surface area contributed by atoms with Crippen molar-refractivity contribution in [3.63, 3.8) is 0 Å². The number of carbonyl (C=O) groups is 2. The Hall–Kier alpha value is -1.75. The quantitative estimate of drug-likeness (QED) is 0.800. The van der Waals surface area contributed by atoms with Crippen LogP contribution in [0.1, 0.15) is 48.9 Å². The van der Waals surface area contributed by atoms with Crippen molar-refractivity contribution in [2.45, 2.75) is 44.6 Å². The number of amides is 1. The number of hydrogen-bond donors (Lipinski definition) is 2. The lowest BCUT2D eigenvalue weighted by molar-refractivity contribution is -0.897. The van der Waals surface area contributed by atoms with Crippen LogP contribution < -0.4 is 10.2 Å². The summed E-state index contributed by atoms with van der Waals surface area (Å²) in [4.78, 5) is 25.8. The molecule has 5 heteroatoms. The first kappa shape index (κ1) is 17.1. The number of halogens is 1. The van der Waals surface area contributed by atoms with E-state index in [0.29, 0.717) is 18.2 Å². The molecule has 0 unspecified atom stereocenters. The first-order valence-corrected chi connectivity index (χ1v) is 9.04. The number of hydrogen-bond acceptors (Lipinski definition) is 2. The Labute approximate surface area is 142 Å². The molecule has 1 aliphatic heterocycles. The van der Waals surface area contributed by atoms with Crippen molar-refractivity contribution in [3.8, 4) is 0 Å². The Bertz CT molecular complexity index is 574. The number of carbonyl (C=O) groups excluding carboxylic acids is 2. The van der Waals surface area contributed by atoms with E-state index in [2.05, 4.69) is 5.32 Å². The molecule has 2 N–H and O–H groups in total. The number of piperidine rings is 1. The van der Waals surface area contributed by atoms with Crippen molar-refractivity contribution in [3.05, 3.63) is 35.6 Å². The third-order valence-electron chi connectivity index (χ3n) is 5.32. The van der Waals surface area contributed by atoms with Gasteiger partial charge in [0.2, 0.25) is 0 Å². The van der Waals surface area contributed by atoms with Gasteiger partial charge in [-0.15, -0.1) is 0 Å². The van der Waals surface area contributed by atoms with E-state index in [-0.39, 0.29) is 23.4 Å². The van der Waals surface area contributed by atoms with Crippen LogP contribution in [0.25, 0.3) is 0 Å². The smallest absolute Gasteiger partial charge is 0.275 e. The summed E-state index contributed by atoms with van der Waals surface area (Å²) in [5.74, 6) is -0.0825. The number of rotatable bonds is 5. The Kier molecular flexibility index (Phi) is 5.61. The van der Waals surface area contributed by atoms with E-state index in [1.165, 1.54) is 29.9 Å². The standard InChI is InChI=1S/C19H25FN2O2/c20-16-7-5-14(6-8-16)19(24)15-9-11-22(12-10-15)13-18(23)21-17-3-1-2-4-17/h5-8,15,17H,1-4,9-13H2,(H,21,23)/p+1. The Balaban J connectivity index is 1.44. The van der Waals surface area contributed by atoms with Crippen molar-refractivity contribution in [1.29, 1.82) is 0 Å². The normalized spacial score (nSPS) is 24.7. The second-order valence-electron chi connectivity index (χ2n) is 7.12. The van der Waals surface area contributed by atoms with E-state index in [9.17, 15) is 14.0 Å². The molecule has 1 saturated carbocycles. The van der Waals surface area contributed by atoms with Gasteiger partial charge in [0, 0.05) is 30.4 Å². The van der Waals surface area contributed by atoms with Gasteiger partial charge < -0.3 is 10.2 Å². The predicted molar refractivity (Wildman–Crippen MR) is 89.4 cm³/mol. The lowest BCUT2D eigenvalue weighted by atomic mass is 9.89. The highest BCUT2D eigenvalue weighted by Gasteiger charge is 2.29. The average molecular weight is 333 g/mol. The molecule has 4 nitrogen and oxygen atoms in total. The van der Waals surface area contributed by atoms with E-state index in [1.54, 1.807) is 12.1 Å². The zero-order valence-corrected chi connectivity index (χ0v) is 14.0. The van der Waals surface area contributed by atoms with Gasteiger partial charge in [-0.2, -0.15) is 0 Å². The van der Waals surface area contributed by atoms with Crippen LogP contribution in [0, 0.1) is 11.7 Å². The summed E-state index contributed by atoms with van der Waals surface area (Å²) in [5, 5.41) is 3.13. The maximum absolute atomic E-state index is 13.0. The summed E-state index contributed by atoms with van der Waals surface area (Å²) in [7, 11) is 0. The monoisotopic (exact) mass is 333 g/mol. The summed E-state index contributed by atoms with van der Waals surface area (Å²) in [5.41, 5.74) is 0.587. The largest absolute Gasteiger partial charge is 0.348 e. The summed E-state index contributed by atoms with van der Waals surface area (Å²) < 4.78 is 13.0. The number of ketones is 1. The fraction of sp³-hybridized carbons (Fsp3) is 0.579. The molecule has 1 heterocycles. The molecule has 1 aliphatic carbocycles. The van der Waals surface area contributed by atoms with Gasteiger partial charge in [0.05, 0.1) is 13.1 Å². The Morgan fingerprint density at radius 1 is 1.04 bits per heavy atom. The average Bonchev–Trinajstić information content (AvgIpc) is 3.08. The molecule has 130 valence electrons. The molecule has 24 heavy (non-hydrogen) atoms. The maximum atomic E-state index is 13.0. The molecule has 3 rings (SSSR count). The van der Waals surface area contributed by atoms with Crippen LogP contribution in [-0.4, -0.2) is 37.4 Å². The van der Waals surface area contributed by atoms with E-state index in [0.717, 1.165) is 38.8 Å². The minimum Gasteiger partial charge on any atom is -0.348 e. The van der Waals surface area contributed by atoms with Crippen LogP contribution in [0.2, 0.25) is 0 Å². The van der Waals surface area contributed by atoms with Gasteiger partial charge in [0.15, 0.2) is 12.3 Å². The minimum absolute atomic E-state index is 0.00268. The molecule has 2 aliphatic rings. The molecule has 0 aromatic heterocycles. The molecule has 1 saturated heterocycles. The molecular formula is C19H26FN2O2+. The topological polar surface area (TPSA) is 50.6 Å². The van der Waals surface area contributed by atoms with E-state index in [4.69, 9.17) is 0 Å². The van der Waals surface area contributed by atoms with Gasteiger partial charge in [-0.1, -0.05) is 12.8 Å². The van der Waals surface area contributed by atoms with Crippen LogP contribution in [0.4, 0.5) is 4.39 Å². The van der Waals surface area contributed by atoms with Crippen molar-refractivity contribution in [1.82, 2.24) is 5.32 Å². The van der Waals surface area contributed by atoms with E-state index in [1.807, 2.05) is 0 Å². The summed E-state index contributed by atoms with van der Waals surface area (Å²) >= 11 is 0.